The van der Waals surface area contributed by atoms with Crippen LogP contribution in [0.3, 0.4) is 0 Å². The number of ether oxygens (including phenoxy) is 3. The lowest BCUT2D eigenvalue weighted by Crippen LogP contribution is -2.77. The molecule has 2 saturated carbocycles. The predicted octanol–water partition coefficient (Wildman–Crippen LogP) is 2.87. The Morgan fingerprint density at radius 2 is 1.66 bits per heavy atom. The molecule has 10 heteroatoms. The molecule has 0 spiro atoms. The number of rotatable bonds is 7. The van der Waals surface area contributed by atoms with Gasteiger partial charge in [0.2, 0.25) is 0 Å². The first-order valence-electron chi connectivity index (χ1n) is 16.4. The molecule has 10 nitrogen and oxygen atoms in total. The molecule has 0 aromatic heterocycles. The molecule has 0 unspecified atom stereocenters. The Morgan fingerprint density at radius 1 is 1.04 bits per heavy atom. The first-order chi connectivity index (χ1) is 22.1. The first-order valence-corrected chi connectivity index (χ1v) is 16.4. The van der Waals surface area contributed by atoms with Gasteiger partial charge in [-0.2, -0.15) is 0 Å². The maximum absolute atomic E-state index is 14.6. The SMILES string of the molecule is CC1=C2[C@@H](O)C(=O)[C@@]3(C)[C@H]([C@H](OC(=O)c4ccccc4)[C@](O)(C[C@@H]1OC[C@H](O)[C@@H](N)c1ccccc1)C2(C)C)[C@]1(C)CO[C@@H]1C[C@@H]3O. The Kier molecular flexibility index (Phi) is 8.57. The molecule has 11 atom stereocenters. The number of aliphatic hydroxyl groups excluding tert-OH is 3. The quantitative estimate of drug-likeness (QED) is 0.222. The van der Waals surface area contributed by atoms with Crippen molar-refractivity contribution in [2.75, 3.05) is 13.2 Å². The average molecular weight is 650 g/mol. The van der Waals surface area contributed by atoms with E-state index in [1.807, 2.05) is 37.3 Å². The molecule has 1 heterocycles. The van der Waals surface area contributed by atoms with Crippen molar-refractivity contribution >= 4 is 11.8 Å². The summed E-state index contributed by atoms with van der Waals surface area (Å²) in [5, 5.41) is 47.8. The van der Waals surface area contributed by atoms with E-state index < -0.39 is 82.2 Å². The second kappa shape index (κ2) is 11.9. The summed E-state index contributed by atoms with van der Waals surface area (Å²) in [6.45, 7) is 8.77. The van der Waals surface area contributed by atoms with Crippen molar-refractivity contribution in [1.29, 1.82) is 0 Å². The van der Waals surface area contributed by atoms with Crippen molar-refractivity contribution < 1.29 is 44.2 Å². The molecule has 2 aromatic rings. The molecule has 254 valence electrons. The second-order valence-corrected chi connectivity index (χ2v) is 15.0. The predicted molar refractivity (Wildman–Crippen MR) is 172 cm³/mol. The summed E-state index contributed by atoms with van der Waals surface area (Å²) in [7, 11) is 0. The van der Waals surface area contributed by atoms with Crippen LogP contribution in [0.5, 0.6) is 0 Å². The van der Waals surface area contributed by atoms with Crippen LogP contribution in [0.4, 0.5) is 0 Å². The van der Waals surface area contributed by atoms with E-state index in [9.17, 15) is 30.0 Å². The average Bonchev–Trinajstić information content (AvgIpc) is 3.05. The minimum atomic E-state index is -1.91. The lowest BCUT2D eigenvalue weighted by Gasteiger charge is -2.68. The van der Waals surface area contributed by atoms with Crippen LogP contribution in [0.25, 0.3) is 0 Å². The Balaban J connectivity index is 1.47. The van der Waals surface area contributed by atoms with Gasteiger partial charge in [0.25, 0.3) is 0 Å². The van der Waals surface area contributed by atoms with E-state index in [-0.39, 0.29) is 37.2 Å². The fraction of sp³-hybridized carbons (Fsp3) is 0.568. The largest absolute Gasteiger partial charge is 0.455 e. The lowest BCUT2D eigenvalue weighted by atomic mass is 9.42. The van der Waals surface area contributed by atoms with E-state index in [1.165, 1.54) is 0 Å². The third-order valence-corrected chi connectivity index (χ3v) is 12.1. The van der Waals surface area contributed by atoms with Crippen molar-refractivity contribution in [1.82, 2.24) is 0 Å². The summed E-state index contributed by atoms with van der Waals surface area (Å²) in [6, 6.07) is 16.8. The summed E-state index contributed by atoms with van der Waals surface area (Å²) >= 11 is 0. The monoisotopic (exact) mass is 649 g/mol. The number of benzene rings is 2. The maximum Gasteiger partial charge on any atom is 0.338 e. The number of aliphatic hydroxyl groups is 4. The number of nitrogens with two attached hydrogens (primary N) is 1. The first kappa shape index (κ1) is 33.9. The highest BCUT2D eigenvalue weighted by molar-refractivity contribution is 5.94. The Hall–Kier alpha value is -2.96. The molecule has 47 heavy (non-hydrogen) atoms. The number of carbonyl (C=O) groups is 2. The highest BCUT2D eigenvalue weighted by atomic mass is 16.6. The highest BCUT2D eigenvalue weighted by Gasteiger charge is 2.75. The van der Waals surface area contributed by atoms with Crippen LogP contribution in [0, 0.1) is 22.2 Å². The van der Waals surface area contributed by atoms with Crippen LogP contribution in [-0.4, -0.2) is 87.6 Å². The molecule has 2 bridgehead atoms. The van der Waals surface area contributed by atoms with Gasteiger partial charge in [-0.25, -0.2) is 4.79 Å². The van der Waals surface area contributed by atoms with E-state index in [1.54, 1.807) is 58.0 Å². The van der Waals surface area contributed by atoms with E-state index in [0.29, 0.717) is 5.57 Å². The van der Waals surface area contributed by atoms with Gasteiger partial charge >= 0.3 is 5.97 Å². The van der Waals surface area contributed by atoms with Crippen molar-refractivity contribution in [3.05, 3.63) is 82.9 Å². The van der Waals surface area contributed by atoms with Gasteiger partial charge in [-0.3, -0.25) is 4.79 Å². The molecular formula is C37H47NO9. The number of fused-ring (bicyclic) bond motifs is 5. The lowest BCUT2D eigenvalue weighted by molar-refractivity contribution is -0.314. The van der Waals surface area contributed by atoms with Crippen molar-refractivity contribution in [2.45, 2.75) is 95.7 Å². The Morgan fingerprint density at radius 3 is 2.26 bits per heavy atom. The topological polar surface area (TPSA) is 169 Å². The number of ketones is 1. The van der Waals surface area contributed by atoms with Crippen LogP contribution in [-0.2, 0) is 19.0 Å². The van der Waals surface area contributed by atoms with Gasteiger partial charge in [-0.05, 0) is 42.7 Å². The molecule has 6 N–H and O–H groups in total. The zero-order valence-corrected chi connectivity index (χ0v) is 27.6. The minimum absolute atomic E-state index is 0.0828. The van der Waals surface area contributed by atoms with Gasteiger partial charge in [0, 0.05) is 29.6 Å². The summed E-state index contributed by atoms with van der Waals surface area (Å²) in [5.41, 5.74) is 2.52. The summed E-state index contributed by atoms with van der Waals surface area (Å²) < 4.78 is 18.6. The summed E-state index contributed by atoms with van der Waals surface area (Å²) in [6.07, 6.45) is -6.61. The molecule has 3 aliphatic carbocycles. The zero-order chi connectivity index (χ0) is 34.1. The third kappa shape index (κ3) is 5.03. The van der Waals surface area contributed by atoms with Crippen molar-refractivity contribution in [2.24, 2.45) is 27.9 Å². The number of carbonyl (C=O) groups excluding carboxylic acids is 2. The van der Waals surface area contributed by atoms with Crippen molar-refractivity contribution in [3.63, 3.8) is 0 Å². The Labute approximate surface area is 275 Å². The smallest absolute Gasteiger partial charge is 0.338 e. The van der Waals surface area contributed by atoms with Crippen LogP contribution < -0.4 is 5.73 Å². The standard InChI is InChI=1S/C37H47NO9/c1-20-24(45-18-23(39)28(38)21-12-8-6-9-13-21)17-37(44)32(47-33(43)22-14-10-7-11-15-22)30-35(4)19-46-26(35)16-25(40)36(30,5)31(42)29(41)27(20)34(37,2)3/h6-15,23-26,28-30,32,39-41,44H,16-19,38H2,1-5H3/t23-,24-,25-,26+,28-,29+,30+,32-,35+,36+,37+/m0/s1. The van der Waals surface area contributed by atoms with Gasteiger partial charge in [0.1, 0.15) is 17.8 Å². The third-order valence-electron chi connectivity index (χ3n) is 12.1. The molecule has 0 amide bonds. The molecule has 2 aromatic carbocycles. The molecule has 4 aliphatic rings. The van der Waals surface area contributed by atoms with E-state index in [2.05, 4.69) is 0 Å². The molecule has 1 saturated heterocycles. The summed E-state index contributed by atoms with van der Waals surface area (Å²) in [4.78, 5) is 28.5. The van der Waals surface area contributed by atoms with Gasteiger partial charge in [0.05, 0.1) is 54.6 Å². The molecule has 3 fully saturated rings. The number of hydrogen-bond donors (Lipinski definition) is 5. The maximum atomic E-state index is 14.6. The van der Waals surface area contributed by atoms with Crippen LogP contribution in [0.1, 0.15) is 69.4 Å². The van der Waals surface area contributed by atoms with Crippen LogP contribution in [0.2, 0.25) is 0 Å². The molecule has 1 aliphatic heterocycles. The van der Waals surface area contributed by atoms with Crippen LogP contribution in [0.15, 0.2) is 71.8 Å². The fourth-order valence-corrected chi connectivity index (χ4v) is 9.05. The molecular weight excluding hydrogens is 602 g/mol. The van der Waals surface area contributed by atoms with E-state index in [0.717, 1.165) is 5.56 Å². The zero-order valence-electron chi connectivity index (χ0n) is 27.6. The second-order valence-electron chi connectivity index (χ2n) is 15.0. The van der Waals surface area contributed by atoms with Crippen LogP contribution >= 0.6 is 0 Å². The number of hydrogen-bond acceptors (Lipinski definition) is 10. The van der Waals surface area contributed by atoms with E-state index in [4.69, 9.17) is 19.9 Å². The Bertz CT molecular complexity index is 1550. The van der Waals surface area contributed by atoms with Gasteiger partial charge < -0.3 is 40.4 Å². The number of Topliss-reactive ketones (excluding diaryl/α,β-unsaturated/α-hetero) is 1. The molecule has 6 rings (SSSR count). The minimum Gasteiger partial charge on any atom is -0.455 e. The van der Waals surface area contributed by atoms with Gasteiger partial charge in [-0.15, -0.1) is 0 Å². The van der Waals surface area contributed by atoms with Crippen molar-refractivity contribution in [3.8, 4) is 0 Å². The highest BCUT2D eigenvalue weighted by Crippen LogP contribution is 2.65. The molecule has 0 radical (unpaired) electrons. The summed E-state index contributed by atoms with van der Waals surface area (Å²) in [5.74, 6) is -2.24. The normalized spacial score (nSPS) is 39.0. The van der Waals surface area contributed by atoms with E-state index >= 15 is 0 Å². The fourth-order valence-electron chi connectivity index (χ4n) is 9.05. The van der Waals surface area contributed by atoms with Gasteiger partial charge in [-0.1, -0.05) is 69.3 Å². The number of esters is 1. The van der Waals surface area contributed by atoms with Gasteiger partial charge in [0.15, 0.2) is 5.78 Å².